The van der Waals surface area contributed by atoms with E-state index >= 15 is 0 Å². The van der Waals surface area contributed by atoms with Crippen LogP contribution < -0.4 is 11.1 Å². The van der Waals surface area contributed by atoms with Gasteiger partial charge in [-0.2, -0.15) is 0 Å². The molecule has 0 saturated carbocycles. The number of nitrogens with two attached hydrogens (primary N) is 1. The first-order valence-corrected chi connectivity index (χ1v) is 5.55. The highest BCUT2D eigenvalue weighted by Crippen LogP contribution is 2.02. The molecule has 74 valence electrons. The zero-order chi connectivity index (χ0) is 9.52. The maximum atomic E-state index is 5.84. The number of nitrogens with one attached hydrogen (secondary N) is 1. The van der Waals surface area contributed by atoms with Crippen LogP contribution in [0.15, 0.2) is 11.6 Å². The fourth-order valence-corrected chi connectivity index (χ4v) is 1.76. The summed E-state index contributed by atoms with van der Waals surface area (Å²) in [4.78, 5) is 4.17. The largest absolute Gasteiger partial charge is 0.327 e. The van der Waals surface area contributed by atoms with Crippen LogP contribution in [0.4, 0.5) is 0 Å². The van der Waals surface area contributed by atoms with Crippen LogP contribution in [0.3, 0.4) is 0 Å². The fraction of sp³-hybridized carbons (Fsp3) is 0.667. The van der Waals surface area contributed by atoms with E-state index in [9.17, 15) is 0 Å². The second kappa shape index (κ2) is 6.07. The van der Waals surface area contributed by atoms with Gasteiger partial charge in [0.2, 0.25) is 0 Å². The van der Waals surface area contributed by atoms with Crippen molar-refractivity contribution in [1.82, 2.24) is 10.3 Å². The summed E-state index contributed by atoms with van der Waals surface area (Å²) < 4.78 is 0. The molecule has 4 heteroatoms. The minimum absolute atomic E-state index is 0.282. The van der Waals surface area contributed by atoms with Gasteiger partial charge < -0.3 is 11.1 Å². The minimum atomic E-state index is 0.282. The summed E-state index contributed by atoms with van der Waals surface area (Å²) >= 11 is 1.67. The normalized spacial score (nSPS) is 13.1. The summed E-state index contributed by atoms with van der Waals surface area (Å²) in [7, 11) is 0. The lowest BCUT2D eigenvalue weighted by Gasteiger charge is -2.10. The van der Waals surface area contributed by atoms with Crippen molar-refractivity contribution in [3.63, 3.8) is 0 Å². The van der Waals surface area contributed by atoms with Gasteiger partial charge in [-0.25, -0.2) is 4.98 Å². The molecule has 1 unspecified atom stereocenters. The molecule has 1 aromatic rings. The first kappa shape index (κ1) is 10.6. The number of rotatable bonds is 6. The van der Waals surface area contributed by atoms with Crippen LogP contribution in [0.2, 0.25) is 0 Å². The molecule has 1 rings (SSSR count). The van der Waals surface area contributed by atoms with E-state index in [1.165, 1.54) is 0 Å². The quantitative estimate of drug-likeness (QED) is 0.727. The third-order valence-electron chi connectivity index (χ3n) is 1.83. The molecule has 1 aromatic heterocycles. The predicted octanol–water partition coefficient (Wildman–Crippen LogP) is 1.36. The van der Waals surface area contributed by atoms with E-state index in [2.05, 4.69) is 17.2 Å². The molecule has 0 fully saturated rings. The minimum Gasteiger partial charge on any atom is -0.327 e. The van der Waals surface area contributed by atoms with Crippen LogP contribution in [-0.2, 0) is 6.54 Å². The van der Waals surface area contributed by atoms with Gasteiger partial charge in [0.05, 0.1) is 0 Å². The number of hydrogen-bond acceptors (Lipinski definition) is 4. The number of nitrogens with zero attached hydrogens (tertiary/aromatic N) is 1. The molecule has 0 amide bonds. The van der Waals surface area contributed by atoms with Gasteiger partial charge in [0.15, 0.2) is 0 Å². The Kier molecular flexibility index (Phi) is 4.97. The molecular weight excluding hydrogens is 182 g/mol. The molecule has 0 aliphatic heterocycles. The predicted molar refractivity (Wildman–Crippen MR) is 56.7 cm³/mol. The summed E-state index contributed by atoms with van der Waals surface area (Å²) in [6.45, 7) is 3.88. The van der Waals surface area contributed by atoms with E-state index in [0.717, 1.165) is 30.9 Å². The zero-order valence-electron chi connectivity index (χ0n) is 7.99. The third-order valence-corrected chi connectivity index (χ3v) is 2.61. The van der Waals surface area contributed by atoms with Gasteiger partial charge in [0, 0.05) is 30.7 Å². The van der Waals surface area contributed by atoms with Crippen molar-refractivity contribution in [2.75, 3.05) is 6.54 Å². The van der Waals surface area contributed by atoms with Crippen LogP contribution in [0.5, 0.6) is 0 Å². The van der Waals surface area contributed by atoms with Crippen LogP contribution in [-0.4, -0.2) is 17.6 Å². The van der Waals surface area contributed by atoms with Gasteiger partial charge in [0.25, 0.3) is 0 Å². The highest BCUT2D eigenvalue weighted by atomic mass is 32.1. The molecule has 1 atom stereocenters. The second-order valence-corrected chi connectivity index (χ2v) is 4.08. The molecule has 3 N–H and O–H groups in total. The summed E-state index contributed by atoms with van der Waals surface area (Å²) in [5.74, 6) is 0. The molecule has 13 heavy (non-hydrogen) atoms. The molecule has 0 bridgehead atoms. The molecule has 0 radical (unpaired) electrons. The monoisotopic (exact) mass is 199 g/mol. The van der Waals surface area contributed by atoms with Crippen molar-refractivity contribution in [2.45, 2.75) is 32.4 Å². The maximum Gasteiger partial charge on any atom is 0.106 e. The van der Waals surface area contributed by atoms with E-state index in [0.29, 0.717) is 0 Å². The average molecular weight is 199 g/mol. The summed E-state index contributed by atoms with van der Waals surface area (Å²) in [6.07, 6.45) is 4.07. The highest BCUT2D eigenvalue weighted by molar-refractivity contribution is 7.09. The van der Waals surface area contributed by atoms with Crippen molar-refractivity contribution in [3.8, 4) is 0 Å². The van der Waals surface area contributed by atoms with Gasteiger partial charge in [-0.15, -0.1) is 11.3 Å². The van der Waals surface area contributed by atoms with Crippen molar-refractivity contribution >= 4 is 11.3 Å². The molecule has 0 aliphatic carbocycles. The fourth-order valence-electron chi connectivity index (χ4n) is 1.18. The van der Waals surface area contributed by atoms with Crippen molar-refractivity contribution in [1.29, 1.82) is 0 Å². The lowest BCUT2D eigenvalue weighted by Crippen LogP contribution is -2.33. The second-order valence-electron chi connectivity index (χ2n) is 3.11. The number of hydrogen-bond donors (Lipinski definition) is 2. The molecule has 3 nitrogen and oxygen atoms in total. The SMILES string of the molecule is CCCC(N)CNCc1nccs1. The molecule has 0 aliphatic rings. The summed E-state index contributed by atoms with van der Waals surface area (Å²) in [6, 6.07) is 0.282. The Morgan fingerprint density at radius 1 is 1.69 bits per heavy atom. The highest BCUT2D eigenvalue weighted by Gasteiger charge is 2.00. The van der Waals surface area contributed by atoms with E-state index in [1.54, 1.807) is 11.3 Å². The van der Waals surface area contributed by atoms with Crippen LogP contribution in [0, 0.1) is 0 Å². The Balaban J connectivity index is 2.07. The van der Waals surface area contributed by atoms with Gasteiger partial charge in [-0.1, -0.05) is 13.3 Å². The van der Waals surface area contributed by atoms with E-state index in [4.69, 9.17) is 5.73 Å². The zero-order valence-corrected chi connectivity index (χ0v) is 8.81. The van der Waals surface area contributed by atoms with Crippen molar-refractivity contribution in [3.05, 3.63) is 16.6 Å². The Morgan fingerprint density at radius 2 is 2.54 bits per heavy atom. The van der Waals surface area contributed by atoms with Gasteiger partial charge in [-0.3, -0.25) is 0 Å². The van der Waals surface area contributed by atoms with E-state index < -0.39 is 0 Å². The Labute approximate surface area is 83.4 Å². The molecule has 0 aromatic carbocycles. The van der Waals surface area contributed by atoms with Crippen LogP contribution in [0.25, 0.3) is 0 Å². The lowest BCUT2D eigenvalue weighted by atomic mass is 10.2. The summed E-state index contributed by atoms with van der Waals surface area (Å²) in [5.41, 5.74) is 5.84. The van der Waals surface area contributed by atoms with E-state index in [-0.39, 0.29) is 6.04 Å². The third kappa shape index (κ3) is 4.36. The molecular formula is C9H17N3S. The van der Waals surface area contributed by atoms with Crippen LogP contribution in [0.1, 0.15) is 24.8 Å². The standard InChI is InChI=1S/C9H17N3S/c1-2-3-8(10)6-11-7-9-12-4-5-13-9/h4-5,8,11H,2-3,6-7,10H2,1H3. The maximum absolute atomic E-state index is 5.84. The molecule has 0 saturated heterocycles. The lowest BCUT2D eigenvalue weighted by molar-refractivity contribution is 0.538. The average Bonchev–Trinajstić information content (AvgIpc) is 2.57. The number of aromatic nitrogens is 1. The van der Waals surface area contributed by atoms with Gasteiger partial charge in [-0.05, 0) is 6.42 Å². The topological polar surface area (TPSA) is 50.9 Å². The van der Waals surface area contributed by atoms with Crippen LogP contribution >= 0.6 is 11.3 Å². The smallest absolute Gasteiger partial charge is 0.106 e. The first-order valence-electron chi connectivity index (χ1n) is 4.67. The Hall–Kier alpha value is -0.450. The summed E-state index contributed by atoms with van der Waals surface area (Å²) in [5, 5.41) is 6.41. The van der Waals surface area contributed by atoms with Crippen molar-refractivity contribution < 1.29 is 0 Å². The van der Waals surface area contributed by atoms with Gasteiger partial charge >= 0.3 is 0 Å². The first-order chi connectivity index (χ1) is 6.33. The van der Waals surface area contributed by atoms with E-state index in [1.807, 2.05) is 11.6 Å². The number of thiazole rings is 1. The Morgan fingerprint density at radius 3 is 3.15 bits per heavy atom. The molecule has 0 spiro atoms. The van der Waals surface area contributed by atoms with Crippen molar-refractivity contribution in [2.24, 2.45) is 5.73 Å². The van der Waals surface area contributed by atoms with Gasteiger partial charge in [0.1, 0.15) is 5.01 Å². The Bertz CT molecular complexity index is 211. The molecule has 1 heterocycles.